The van der Waals surface area contributed by atoms with Crippen molar-refractivity contribution < 1.29 is 4.79 Å². The summed E-state index contributed by atoms with van der Waals surface area (Å²) in [5.41, 5.74) is 5.16. The highest BCUT2D eigenvalue weighted by molar-refractivity contribution is 7.23. The van der Waals surface area contributed by atoms with Crippen LogP contribution >= 0.6 is 11.3 Å². The Hall–Kier alpha value is -2.50. The van der Waals surface area contributed by atoms with Crippen molar-refractivity contribution in [2.75, 3.05) is 14.1 Å². The largest absolute Gasteiger partial charge is 0.305 e. The maximum absolute atomic E-state index is 10.9. The maximum atomic E-state index is 10.9. The van der Waals surface area contributed by atoms with Gasteiger partial charge in [-0.05, 0) is 37.9 Å². The first kappa shape index (κ1) is 15.1. The normalized spacial score (nSPS) is 11.6. The predicted octanol–water partition coefficient (Wildman–Crippen LogP) is 4.09. The molecule has 0 aliphatic heterocycles. The second-order valence-electron chi connectivity index (χ2n) is 6.16. The Kier molecular flexibility index (Phi) is 3.67. The van der Waals surface area contributed by atoms with Crippen LogP contribution in [-0.2, 0) is 6.54 Å². The fourth-order valence-corrected chi connectivity index (χ4v) is 3.93. The molecule has 0 fully saturated rings. The van der Waals surface area contributed by atoms with Gasteiger partial charge in [0.25, 0.3) is 0 Å². The number of carbonyl (C=O) groups excluding carboxylic acids is 1. The van der Waals surface area contributed by atoms with Crippen LogP contribution in [-0.4, -0.2) is 34.7 Å². The molecular weight excluding hydrogens is 318 g/mol. The predicted molar refractivity (Wildman–Crippen MR) is 98.8 cm³/mol. The van der Waals surface area contributed by atoms with Crippen molar-refractivity contribution in [1.29, 1.82) is 0 Å². The molecule has 4 aromatic rings. The first-order valence-corrected chi connectivity index (χ1v) is 8.56. The van der Waals surface area contributed by atoms with E-state index in [-0.39, 0.29) is 0 Å². The number of rotatable bonds is 4. The summed E-state index contributed by atoms with van der Waals surface area (Å²) in [4.78, 5) is 18.8. The zero-order chi connectivity index (χ0) is 16.7. The molecule has 4 nitrogen and oxygen atoms in total. The van der Waals surface area contributed by atoms with Gasteiger partial charge in [-0.2, -0.15) is 0 Å². The van der Waals surface area contributed by atoms with Gasteiger partial charge in [0.2, 0.25) is 0 Å². The van der Waals surface area contributed by atoms with E-state index in [0.717, 1.165) is 39.3 Å². The lowest BCUT2D eigenvalue weighted by Gasteiger charge is -2.09. The highest BCUT2D eigenvalue weighted by atomic mass is 32.1. The van der Waals surface area contributed by atoms with E-state index in [4.69, 9.17) is 4.98 Å². The molecule has 2 heterocycles. The lowest BCUT2D eigenvalue weighted by atomic mass is 10.1. The van der Waals surface area contributed by atoms with Crippen LogP contribution in [0, 0.1) is 0 Å². The molecule has 0 aliphatic carbocycles. The molecule has 0 radical (unpaired) electrons. The van der Waals surface area contributed by atoms with E-state index < -0.39 is 0 Å². The Morgan fingerprint density at radius 3 is 2.67 bits per heavy atom. The summed E-state index contributed by atoms with van der Waals surface area (Å²) in [7, 11) is 4.14. The van der Waals surface area contributed by atoms with Crippen LogP contribution in [0.3, 0.4) is 0 Å². The van der Waals surface area contributed by atoms with Gasteiger partial charge in [0.1, 0.15) is 6.29 Å². The highest BCUT2D eigenvalue weighted by Gasteiger charge is 2.10. The summed E-state index contributed by atoms with van der Waals surface area (Å²) >= 11 is 1.60. The summed E-state index contributed by atoms with van der Waals surface area (Å²) in [6.45, 7) is 0.933. The van der Waals surface area contributed by atoms with E-state index in [9.17, 15) is 4.79 Å². The third kappa shape index (κ3) is 2.62. The SMILES string of the molecule is CN(C)Cc1ccc(-c2cn3c(n2)sc2cc(C=O)ccc23)cc1. The van der Waals surface area contributed by atoms with Crippen molar-refractivity contribution >= 4 is 32.8 Å². The van der Waals surface area contributed by atoms with Gasteiger partial charge < -0.3 is 4.90 Å². The van der Waals surface area contributed by atoms with E-state index in [1.165, 1.54) is 5.56 Å². The van der Waals surface area contributed by atoms with Gasteiger partial charge in [0.15, 0.2) is 4.96 Å². The Labute approximate surface area is 144 Å². The van der Waals surface area contributed by atoms with Crippen LogP contribution in [0.25, 0.3) is 26.4 Å². The molecular formula is C19H17N3OS. The molecule has 0 bridgehead atoms. The molecule has 0 saturated heterocycles. The van der Waals surface area contributed by atoms with Gasteiger partial charge >= 0.3 is 0 Å². The molecule has 2 aromatic carbocycles. The van der Waals surface area contributed by atoms with Crippen LogP contribution in [0.4, 0.5) is 0 Å². The van der Waals surface area contributed by atoms with Crippen LogP contribution in [0.1, 0.15) is 15.9 Å². The number of aromatic nitrogens is 2. The Bertz CT molecular complexity index is 1030. The van der Waals surface area contributed by atoms with Gasteiger partial charge in [-0.25, -0.2) is 4.98 Å². The molecule has 4 rings (SSSR count). The van der Waals surface area contributed by atoms with Crippen molar-refractivity contribution in [2.24, 2.45) is 0 Å². The summed E-state index contributed by atoms with van der Waals surface area (Å²) in [5, 5.41) is 0. The average Bonchev–Trinajstić information content (AvgIpc) is 3.12. The molecule has 0 unspecified atom stereocenters. The number of benzene rings is 2. The first-order chi connectivity index (χ1) is 11.6. The van der Waals surface area contributed by atoms with E-state index in [1.807, 2.05) is 18.2 Å². The van der Waals surface area contributed by atoms with E-state index in [1.54, 1.807) is 11.3 Å². The molecule has 0 N–H and O–H groups in total. The minimum atomic E-state index is 0.698. The zero-order valence-electron chi connectivity index (χ0n) is 13.6. The van der Waals surface area contributed by atoms with Crippen LogP contribution in [0.2, 0.25) is 0 Å². The number of aldehydes is 1. The van der Waals surface area contributed by atoms with Crippen molar-refractivity contribution in [3.8, 4) is 11.3 Å². The van der Waals surface area contributed by atoms with Gasteiger partial charge in [-0.15, -0.1) is 0 Å². The van der Waals surface area contributed by atoms with Crippen molar-refractivity contribution in [3.63, 3.8) is 0 Å². The summed E-state index contributed by atoms with van der Waals surface area (Å²) in [5.74, 6) is 0. The molecule has 0 atom stereocenters. The van der Waals surface area contributed by atoms with E-state index >= 15 is 0 Å². The Morgan fingerprint density at radius 1 is 1.17 bits per heavy atom. The fraction of sp³-hybridized carbons (Fsp3) is 0.158. The number of carbonyl (C=O) groups is 1. The molecule has 0 amide bonds. The second-order valence-corrected chi connectivity index (χ2v) is 7.17. The van der Waals surface area contributed by atoms with Gasteiger partial charge in [0.05, 0.1) is 15.9 Å². The fourth-order valence-electron chi connectivity index (χ4n) is 2.88. The zero-order valence-corrected chi connectivity index (χ0v) is 14.4. The topological polar surface area (TPSA) is 37.6 Å². The molecule has 120 valence electrons. The summed E-state index contributed by atoms with van der Waals surface area (Å²) < 4.78 is 3.17. The van der Waals surface area contributed by atoms with E-state index in [2.05, 4.69) is 53.9 Å². The van der Waals surface area contributed by atoms with Gasteiger partial charge in [0, 0.05) is 23.9 Å². The molecule has 0 aliphatic rings. The number of thiazole rings is 1. The van der Waals surface area contributed by atoms with Crippen molar-refractivity contribution in [2.45, 2.75) is 6.54 Å². The minimum absolute atomic E-state index is 0.698. The van der Waals surface area contributed by atoms with Gasteiger partial charge in [-0.1, -0.05) is 35.6 Å². The van der Waals surface area contributed by atoms with Crippen molar-refractivity contribution in [1.82, 2.24) is 14.3 Å². The average molecular weight is 335 g/mol. The number of imidazole rings is 1. The third-order valence-electron chi connectivity index (χ3n) is 4.00. The number of nitrogens with zero attached hydrogens (tertiary/aromatic N) is 3. The highest BCUT2D eigenvalue weighted by Crippen LogP contribution is 2.30. The van der Waals surface area contributed by atoms with Crippen molar-refractivity contribution in [3.05, 3.63) is 59.8 Å². The quantitative estimate of drug-likeness (QED) is 0.527. The smallest absolute Gasteiger partial charge is 0.195 e. The third-order valence-corrected chi connectivity index (χ3v) is 5.02. The molecule has 5 heteroatoms. The van der Waals surface area contributed by atoms with Crippen LogP contribution in [0.5, 0.6) is 0 Å². The van der Waals surface area contributed by atoms with Crippen LogP contribution < -0.4 is 0 Å². The molecule has 0 saturated carbocycles. The Balaban J connectivity index is 1.73. The Morgan fingerprint density at radius 2 is 1.96 bits per heavy atom. The lowest BCUT2D eigenvalue weighted by Crippen LogP contribution is -2.10. The number of fused-ring (bicyclic) bond motifs is 3. The van der Waals surface area contributed by atoms with Gasteiger partial charge in [-0.3, -0.25) is 9.20 Å². The summed E-state index contributed by atoms with van der Waals surface area (Å²) in [6, 6.07) is 14.3. The minimum Gasteiger partial charge on any atom is -0.305 e. The molecule has 24 heavy (non-hydrogen) atoms. The van der Waals surface area contributed by atoms with Crippen LogP contribution in [0.15, 0.2) is 48.7 Å². The standard InChI is InChI=1S/C19H17N3OS/c1-21(2)10-13-3-6-15(7-4-13)16-11-22-17-8-5-14(12-23)9-18(17)24-19(22)20-16/h3-9,11-12H,10H2,1-2H3. The lowest BCUT2D eigenvalue weighted by molar-refractivity contribution is 0.112. The maximum Gasteiger partial charge on any atom is 0.195 e. The molecule has 0 spiro atoms. The number of hydrogen-bond donors (Lipinski definition) is 0. The monoisotopic (exact) mass is 335 g/mol. The van der Waals surface area contributed by atoms with E-state index in [0.29, 0.717) is 5.56 Å². The number of hydrogen-bond acceptors (Lipinski definition) is 4. The second kappa shape index (κ2) is 5.85. The first-order valence-electron chi connectivity index (χ1n) is 7.75. The molecule has 2 aromatic heterocycles. The summed E-state index contributed by atoms with van der Waals surface area (Å²) in [6.07, 6.45) is 2.94.